The second kappa shape index (κ2) is 8.09. The van der Waals surface area contributed by atoms with Gasteiger partial charge in [-0.25, -0.2) is 8.42 Å². The zero-order valence-corrected chi connectivity index (χ0v) is 17.3. The molecule has 166 valence electrons. The number of pyridine rings is 1. The molecule has 0 saturated heterocycles. The highest BCUT2D eigenvalue weighted by Crippen LogP contribution is 2.28. The summed E-state index contributed by atoms with van der Waals surface area (Å²) in [6.07, 6.45) is -2.19. The smallest absolute Gasteiger partial charge is 0.339 e. The third-order valence-electron chi connectivity index (χ3n) is 4.05. The average Bonchev–Trinajstić information content (AvgIpc) is 3.27. The van der Waals surface area contributed by atoms with Crippen molar-refractivity contribution in [2.75, 3.05) is 6.26 Å². The number of aryl methyl sites for hydroxylation is 1. The number of halogens is 3. The van der Waals surface area contributed by atoms with Crippen LogP contribution in [0.5, 0.6) is 0 Å². The van der Waals surface area contributed by atoms with E-state index in [0.29, 0.717) is 17.3 Å². The predicted molar refractivity (Wildman–Crippen MR) is 100 cm³/mol. The first-order valence-electron chi connectivity index (χ1n) is 8.72. The average molecular weight is 458 g/mol. The van der Waals surface area contributed by atoms with Crippen molar-refractivity contribution in [2.45, 2.75) is 24.9 Å². The van der Waals surface area contributed by atoms with Gasteiger partial charge >= 0.3 is 6.18 Å². The van der Waals surface area contributed by atoms with Crippen LogP contribution in [0, 0.1) is 0 Å². The summed E-state index contributed by atoms with van der Waals surface area (Å²) in [5.41, 5.74) is -0.734. The zero-order chi connectivity index (χ0) is 23.0. The van der Waals surface area contributed by atoms with Crippen molar-refractivity contribution >= 4 is 15.7 Å². The highest BCUT2D eigenvalue weighted by Gasteiger charge is 2.35. The van der Waals surface area contributed by atoms with Crippen molar-refractivity contribution in [2.24, 2.45) is 7.05 Å². The van der Waals surface area contributed by atoms with Crippen LogP contribution in [-0.4, -0.2) is 45.5 Å². The summed E-state index contributed by atoms with van der Waals surface area (Å²) >= 11 is 0. The monoisotopic (exact) mass is 458 g/mol. The molecule has 14 heteroatoms. The minimum atomic E-state index is -4.68. The highest BCUT2D eigenvalue weighted by molar-refractivity contribution is 7.89. The molecule has 1 atom stereocenters. The molecule has 0 aliphatic carbocycles. The van der Waals surface area contributed by atoms with Crippen LogP contribution in [0.4, 0.5) is 13.2 Å². The number of amides is 1. The molecule has 0 radical (unpaired) electrons. The molecule has 0 saturated carbocycles. The Morgan fingerprint density at radius 3 is 2.65 bits per heavy atom. The fraction of sp³-hybridized carbons (Fsp3) is 0.353. The van der Waals surface area contributed by atoms with Crippen molar-refractivity contribution in [3.63, 3.8) is 0 Å². The number of hydrogen-bond acceptors (Lipinski definition) is 8. The number of carbonyl (C=O) groups excluding carboxylic acids is 1. The van der Waals surface area contributed by atoms with Gasteiger partial charge in [0, 0.05) is 31.1 Å². The fourth-order valence-corrected chi connectivity index (χ4v) is 3.34. The van der Waals surface area contributed by atoms with Gasteiger partial charge in [0.15, 0.2) is 15.5 Å². The Balaban J connectivity index is 1.75. The second-order valence-electron chi connectivity index (χ2n) is 6.79. The summed E-state index contributed by atoms with van der Waals surface area (Å²) in [6, 6.07) is 2.86. The van der Waals surface area contributed by atoms with Gasteiger partial charge in [-0.1, -0.05) is 5.16 Å². The quantitative estimate of drug-likeness (QED) is 0.592. The molecule has 31 heavy (non-hydrogen) atoms. The molecule has 3 heterocycles. The maximum absolute atomic E-state index is 12.8. The Morgan fingerprint density at radius 2 is 2.03 bits per heavy atom. The van der Waals surface area contributed by atoms with Gasteiger partial charge in [-0.15, -0.1) is 0 Å². The van der Waals surface area contributed by atoms with Gasteiger partial charge in [0.1, 0.15) is 11.7 Å². The fourth-order valence-electron chi connectivity index (χ4n) is 2.64. The molecule has 3 aromatic heterocycles. The van der Waals surface area contributed by atoms with Gasteiger partial charge in [-0.05, 0) is 19.1 Å². The zero-order valence-electron chi connectivity index (χ0n) is 16.5. The summed E-state index contributed by atoms with van der Waals surface area (Å²) in [5.74, 6) is -0.934. The number of sulfone groups is 1. The van der Waals surface area contributed by atoms with Gasteiger partial charge < -0.3 is 9.84 Å². The topological polar surface area (TPSA) is 133 Å². The number of nitrogens with zero attached hydrogens (tertiary/aromatic N) is 5. The first-order chi connectivity index (χ1) is 14.3. The molecular weight excluding hydrogens is 441 g/mol. The molecule has 10 nitrogen and oxygen atoms in total. The summed E-state index contributed by atoms with van der Waals surface area (Å²) in [5, 5.41) is 9.56. The van der Waals surface area contributed by atoms with Crippen LogP contribution in [0.1, 0.15) is 40.7 Å². The van der Waals surface area contributed by atoms with E-state index in [-0.39, 0.29) is 23.2 Å². The second-order valence-corrected chi connectivity index (χ2v) is 8.93. The van der Waals surface area contributed by atoms with Crippen LogP contribution in [0.2, 0.25) is 0 Å². The van der Waals surface area contributed by atoms with Crippen LogP contribution in [0.3, 0.4) is 0 Å². The van der Waals surface area contributed by atoms with Crippen molar-refractivity contribution in [3.05, 3.63) is 47.4 Å². The molecule has 3 rings (SSSR count). The molecule has 0 unspecified atom stereocenters. The summed E-state index contributed by atoms with van der Waals surface area (Å²) in [7, 11) is -2.07. The lowest BCUT2D eigenvalue weighted by Gasteiger charge is -2.09. The molecule has 0 bridgehead atoms. The molecule has 1 N–H and O–H groups in total. The molecule has 0 fully saturated rings. The Labute approximate surface area is 174 Å². The Bertz CT molecular complexity index is 1220. The maximum Gasteiger partial charge on any atom is 0.435 e. The lowest BCUT2D eigenvalue weighted by Crippen LogP contribution is -2.28. The van der Waals surface area contributed by atoms with Gasteiger partial charge in [0.05, 0.1) is 11.4 Å². The summed E-state index contributed by atoms with van der Waals surface area (Å²) in [4.78, 5) is 20.5. The number of aromatic nitrogens is 5. The van der Waals surface area contributed by atoms with Gasteiger partial charge in [-0.2, -0.15) is 23.3 Å². The van der Waals surface area contributed by atoms with E-state index in [2.05, 4.69) is 25.5 Å². The molecule has 0 spiro atoms. The van der Waals surface area contributed by atoms with Crippen LogP contribution < -0.4 is 5.32 Å². The SMILES string of the molecule is C[C@H](NC(=O)c1cc(C(F)(F)F)nn1C)c1nc(-c2ccnc(CS(C)(=O)=O)c2)no1. The van der Waals surface area contributed by atoms with Gasteiger partial charge in [-0.3, -0.25) is 14.5 Å². The third kappa shape index (κ3) is 5.45. The number of hydrogen-bond donors (Lipinski definition) is 1. The first-order valence-corrected chi connectivity index (χ1v) is 10.8. The lowest BCUT2D eigenvalue weighted by molar-refractivity contribution is -0.141. The standard InChI is InChI=1S/C17H17F3N6O4S/c1-9(22-15(27)12-7-13(17(18,19)20)24-26(12)2)16-23-14(25-30-16)10-4-5-21-11(6-10)8-31(3,28)29/h4-7,9H,8H2,1-3H3,(H,22,27)/t9-/m0/s1. The molecular formula is C17H17F3N6O4S. The van der Waals surface area contributed by atoms with E-state index in [1.165, 1.54) is 26.2 Å². The Hall–Kier alpha value is -3.29. The third-order valence-corrected chi connectivity index (χ3v) is 4.87. The summed E-state index contributed by atoms with van der Waals surface area (Å²) in [6.45, 7) is 1.51. The van der Waals surface area contributed by atoms with Crippen LogP contribution in [0.15, 0.2) is 28.9 Å². The van der Waals surface area contributed by atoms with E-state index in [1.807, 2.05) is 0 Å². The molecule has 0 aliphatic heterocycles. The van der Waals surface area contributed by atoms with Crippen LogP contribution in [-0.2, 0) is 28.8 Å². The van der Waals surface area contributed by atoms with E-state index in [9.17, 15) is 26.4 Å². The number of nitrogens with one attached hydrogen (secondary N) is 1. The van der Waals surface area contributed by atoms with E-state index in [4.69, 9.17) is 4.52 Å². The van der Waals surface area contributed by atoms with E-state index in [0.717, 1.165) is 10.9 Å². The molecule has 1 amide bonds. The van der Waals surface area contributed by atoms with Crippen molar-refractivity contribution in [1.29, 1.82) is 0 Å². The lowest BCUT2D eigenvalue weighted by atomic mass is 10.2. The summed E-state index contributed by atoms with van der Waals surface area (Å²) < 4.78 is 67.2. The normalized spacial score (nSPS) is 13.2. The molecule has 0 aliphatic rings. The van der Waals surface area contributed by atoms with Crippen LogP contribution in [0.25, 0.3) is 11.4 Å². The number of alkyl halides is 3. The van der Waals surface area contributed by atoms with E-state index < -0.39 is 33.7 Å². The first kappa shape index (κ1) is 22.4. The largest absolute Gasteiger partial charge is 0.435 e. The highest BCUT2D eigenvalue weighted by atomic mass is 32.2. The Kier molecular flexibility index (Phi) is 5.85. The molecule has 0 aromatic carbocycles. The number of rotatable bonds is 6. The minimum Gasteiger partial charge on any atom is -0.339 e. The van der Waals surface area contributed by atoms with E-state index >= 15 is 0 Å². The van der Waals surface area contributed by atoms with Crippen molar-refractivity contribution in [3.8, 4) is 11.4 Å². The van der Waals surface area contributed by atoms with Crippen LogP contribution >= 0.6 is 0 Å². The van der Waals surface area contributed by atoms with Crippen molar-refractivity contribution < 1.29 is 30.9 Å². The molecule has 3 aromatic rings. The van der Waals surface area contributed by atoms with Gasteiger partial charge in [0.2, 0.25) is 11.7 Å². The van der Waals surface area contributed by atoms with Gasteiger partial charge in [0.25, 0.3) is 5.91 Å². The van der Waals surface area contributed by atoms with E-state index in [1.54, 1.807) is 6.07 Å². The minimum absolute atomic E-state index is 0.00281. The number of carbonyl (C=O) groups is 1. The maximum atomic E-state index is 12.8. The Morgan fingerprint density at radius 1 is 1.32 bits per heavy atom. The predicted octanol–water partition coefficient (Wildman–Crippen LogP) is 1.92. The van der Waals surface area contributed by atoms with Crippen molar-refractivity contribution in [1.82, 2.24) is 30.2 Å².